The molecule has 0 saturated heterocycles. The SMILES string of the molecule is CC(C)CCC(=O)c1ccc(C(C)(C)C)nc1. The van der Waals surface area contributed by atoms with E-state index in [9.17, 15) is 4.79 Å². The van der Waals surface area contributed by atoms with Gasteiger partial charge in [-0.2, -0.15) is 0 Å². The predicted octanol–water partition coefficient (Wildman–Crippen LogP) is 4.00. The van der Waals surface area contributed by atoms with Gasteiger partial charge in [0.1, 0.15) is 0 Å². The highest BCUT2D eigenvalue weighted by Crippen LogP contribution is 2.20. The van der Waals surface area contributed by atoms with E-state index in [2.05, 4.69) is 39.6 Å². The number of aromatic nitrogens is 1. The largest absolute Gasteiger partial charge is 0.294 e. The molecule has 17 heavy (non-hydrogen) atoms. The summed E-state index contributed by atoms with van der Waals surface area (Å²) in [6.45, 7) is 10.6. The van der Waals surface area contributed by atoms with Crippen molar-refractivity contribution < 1.29 is 4.79 Å². The van der Waals surface area contributed by atoms with Crippen molar-refractivity contribution in [3.63, 3.8) is 0 Å². The second-order valence-corrected chi connectivity index (χ2v) is 6.04. The number of rotatable bonds is 4. The zero-order chi connectivity index (χ0) is 13.1. The third kappa shape index (κ3) is 4.29. The molecule has 1 heterocycles. The number of ketones is 1. The van der Waals surface area contributed by atoms with Crippen molar-refractivity contribution in [1.29, 1.82) is 0 Å². The maximum atomic E-state index is 11.9. The number of pyridine rings is 1. The zero-order valence-corrected chi connectivity index (χ0v) is 11.6. The van der Waals surface area contributed by atoms with Crippen LogP contribution in [-0.2, 0) is 5.41 Å². The molecule has 0 aliphatic carbocycles. The average Bonchev–Trinajstić information content (AvgIpc) is 2.25. The van der Waals surface area contributed by atoms with Crippen molar-refractivity contribution in [2.75, 3.05) is 0 Å². The summed E-state index contributed by atoms with van der Waals surface area (Å²) < 4.78 is 0. The van der Waals surface area contributed by atoms with Crippen LogP contribution in [0, 0.1) is 5.92 Å². The minimum absolute atomic E-state index is 0.0412. The van der Waals surface area contributed by atoms with Gasteiger partial charge < -0.3 is 0 Å². The van der Waals surface area contributed by atoms with E-state index in [1.807, 2.05) is 12.1 Å². The molecule has 0 aromatic carbocycles. The number of hydrogen-bond acceptors (Lipinski definition) is 2. The summed E-state index contributed by atoms with van der Waals surface area (Å²) in [6.07, 6.45) is 3.28. The summed E-state index contributed by atoms with van der Waals surface area (Å²) in [4.78, 5) is 16.2. The number of Topliss-reactive ketones (excluding diaryl/α,β-unsaturated/α-hetero) is 1. The molecule has 94 valence electrons. The third-order valence-electron chi connectivity index (χ3n) is 2.80. The van der Waals surface area contributed by atoms with Crippen LogP contribution in [-0.4, -0.2) is 10.8 Å². The first-order chi connectivity index (χ1) is 7.80. The Morgan fingerprint density at radius 1 is 1.29 bits per heavy atom. The predicted molar refractivity (Wildman–Crippen MR) is 71.3 cm³/mol. The molecule has 0 atom stereocenters. The fraction of sp³-hybridized carbons (Fsp3) is 0.600. The lowest BCUT2D eigenvalue weighted by atomic mass is 9.91. The summed E-state index contributed by atoms with van der Waals surface area (Å²) >= 11 is 0. The van der Waals surface area contributed by atoms with Gasteiger partial charge in [0.2, 0.25) is 0 Å². The van der Waals surface area contributed by atoms with Gasteiger partial charge in [-0.15, -0.1) is 0 Å². The van der Waals surface area contributed by atoms with E-state index in [-0.39, 0.29) is 11.2 Å². The zero-order valence-electron chi connectivity index (χ0n) is 11.6. The Balaban J connectivity index is 2.71. The van der Waals surface area contributed by atoms with Crippen LogP contribution in [0.15, 0.2) is 18.3 Å². The topological polar surface area (TPSA) is 30.0 Å². The summed E-state index contributed by atoms with van der Waals surface area (Å²) in [5.74, 6) is 0.771. The van der Waals surface area contributed by atoms with E-state index >= 15 is 0 Å². The van der Waals surface area contributed by atoms with Crippen molar-refractivity contribution >= 4 is 5.78 Å². The first-order valence-corrected chi connectivity index (χ1v) is 6.30. The maximum Gasteiger partial charge on any atom is 0.164 e. The molecule has 1 aromatic rings. The van der Waals surface area contributed by atoms with E-state index in [4.69, 9.17) is 0 Å². The first-order valence-electron chi connectivity index (χ1n) is 6.30. The summed E-state index contributed by atoms with van der Waals surface area (Å²) in [6, 6.07) is 3.86. The first kappa shape index (κ1) is 13.9. The maximum absolute atomic E-state index is 11.9. The van der Waals surface area contributed by atoms with Gasteiger partial charge in [0.15, 0.2) is 5.78 Å². The van der Waals surface area contributed by atoms with Crippen LogP contribution in [0.4, 0.5) is 0 Å². The van der Waals surface area contributed by atoms with Gasteiger partial charge >= 0.3 is 0 Å². The molecule has 0 amide bonds. The summed E-state index contributed by atoms with van der Waals surface area (Å²) in [5, 5.41) is 0. The van der Waals surface area contributed by atoms with Crippen LogP contribution < -0.4 is 0 Å². The number of nitrogens with zero attached hydrogens (tertiary/aromatic N) is 1. The normalized spacial score (nSPS) is 11.9. The molecule has 0 aliphatic heterocycles. The van der Waals surface area contributed by atoms with Crippen molar-refractivity contribution in [2.24, 2.45) is 5.92 Å². The van der Waals surface area contributed by atoms with E-state index in [1.54, 1.807) is 6.20 Å². The standard InChI is InChI=1S/C15H23NO/c1-11(2)6-8-13(17)12-7-9-14(16-10-12)15(3,4)5/h7,9-11H,6,8H2,1-5H3. The molecule has 0 bridgehead atoms. The quantitative estimate of drug-likeness (QED) is 0.736. The molecule has 0 spiro atoms. The lowest BCUT2D eigenvalue weighted by molar-refractivity contribution is 0.0975. The van der Waals surface area contributed by atoms with Crippen molar-refractivity contribution in [3.8, 4) is 0 Å². The molecule has 0 N–H and O–H groups in total. The highest BCUT2D eigenvalue weighted by molar-refractivity contribution is 5.95. The van der Waals surface area contributed by atoms with Crippen molar-refractivity contribution in [3.05, 3.63) is 29.6 Å². The van der Waals surface area contributed by atoms with Gasteiger partial charge in [-0.25, -0.2) is 0 Å². The molecule has 0 saturated carbocycles. The lowest BCUT2D eigenvalue weighted by Crippen LogP contribution is -2.14. The molecule has 1 rings (SSSR count). The van der Waals surface area contributed by atoms with Gasteiger partial charge in [0.05, 0.1) is 0 Å². The Morgan fingerprint density at radius 3 is 2.35 bits per heavy atom. The fourth-order valence-electron chi connectivity index (χ4n) is 1.57. The summed E-state index contributed by atoms with van der Waals surface area (Å²) in [5.41, 5.74) is 1.80. The van der Waals surface area contributed by atoms with Crippen LogP contribution in [0.1, 0.15) is 63.5 Å². The molecule has 0 radical (unpaired) electrons. The molecular weight excluding hydrogens is 210 g/mol. The smallest absolute Gasteiger partial charge is 0.164 e. The Kier molecular flexibility index (Phi) is 4.44. The highest BCUT2D eigenvalue weighted by Gasteiger charge is 2.15. The Bertz CT molecular complexity index is 371. The van der Waals surface area contributed by atoms with E-state index in [0.717, 1.165) is 17.7 Å². The van der Waals surface area contributed by atoms with E-state index < -0.39 is 0 Å². The summed E-state index contributed by atoms with van der Waals surface area (Å²) in [7, 11) is 0. The monoisotopic (exact) mass is 233 g/mol. The Hall–Kier alpha value is -1.18. The Labute approximate surface area is 104 Å². The van der Waals surface area contributed by atoms with Crippen LogP contribution >= 0.6 is 0 Å². The number of carbonyl (C=O) groups excluding carboxylic acids is 1. The van der Waals surface area contributed by atoms with Crippen molar-refractivity contribution in [2.45, 2.75) is 52.9 Å². The fourth-order valence-corrected chi connectivity index (χ4v) is 1.57. The average molecular weight is 233 g/mol. The molecule has 2 heteroatoms. The third-order valence-corrected chi connectivity index (χ3v) is 2.80. The van der Waals surface area contributed by atoms with Gasteiger partial charge in [0, 0.05) is 29.3 Å². The van der Waals surface area contributed by atoms with E-state index in [0.29, 0.717) is 12.3 Å². The second kappa shape index (κ2) is 5.44. The molecule has 2 nitrogen and oxygen atoms in total. The highest BCUT2D eigenvalue weighted by atomic mass is 16.1. The number of hydrogen-bond donors (Lipinski definition) is 0. The lowest BCUT2D eigenvalue weighted by Gasteiger charge is -2.17. The van der Waals surface area contributed by atoms with Crippen LogP contribution in [0.5, 0.6) is 0 Å². The number of carbonyl (C=O) groups is 1. The van der Waals surface area contributed by atoms with Crippen LogP contribution in [0.2, 0.25) is 0 Å². The molecule has 0 aliphatic rings. The van der Waals surface area contributed by atoms with Crippen LogP contribution in [0.25, 0.3) is 0 Å². The Morgan fingerprint density at radius 2 is 1.94 bits per heavy atom. The van der Waals surface area contributed by atoms with Gasteiger partial charge in [0.25, 0.3) is 0 Å². The van der Waals surface area contributed by atoms with Crippen LogP contribution in [0.3, 0.4) is 0 Å². The molecule has 1 aromatic heterocycles. The second-order valence-electron chi connectivity index (χ2n) is 6.04. The molecule has 0 unspecified atom stereocenters. The molecule has 0 fully saturated rings. The minimum Gasteiger partial charge on any atom is -0.294 e. The minimum atomic E-state index is 0.0412. The van der Waals surface area contributed by atoms with Gasteiger partial charge in [-0.3, -0.25) is 9.78 Å². The van der Waals surface area contributed by atoms with Crippen molar-refractivity contribution in [1.82, 2.24) is 4.98 Å². The van der Waals surface area contributed by atoms with E-state index in [1.165, 1.54) is 0 Å². The van der Waals surface area contributed by atoms with Gasteiger partial charge in [-0.1, -0.05) is 34.6 Å². The molecular formula is C15H23NO. The van der Waals surface area contributed by atoms with Gasteiger partial charge in [-0.05, 0) is 24.5 Å².